The molecule has 0 spiro atoms. The molecule has 1 aromatic heterocycles. The van der Waals surface area contributed by atoms with Gasteiger partial charge in [0.1, 0.15) is 11.9 Å². The average molecular weight is 803 g/mol. The van der Waals surface area contributed by atoms with Gasteiger partial charge in [-0.05, 0) is 155 Å². The van der Waals surface area contributed by atoms with Crippen LogP contribution < -0.4 is 4.90 Å². The number of Topliss-reactive ketones (excluding diaryl/α,β-unsaturated/α-hetero) is 1. The number of carbonyl (C=O) groups excluding carboxylic acids is 2. The molecular formula is C47H67FN4O6. The van der Waals surface area contributed by atoms with Gasteiger partial charge in [0.2, 0.25) is 5.89 Å². The summed E-state index contributed by atoms with van der Waals surface area (Å²) in [5.74, 6) is 0.00597. The third-order valence-corrected chi connectivity index (χ3v) is 16.8. The number of allylic oxidation sites excluding steroid dienone is 2. The van der Waals surface area contributed by atoms with Crippen LogP contribution in [0.5, 0.6) is 0 Å². The summed E-state index contributed by atoms with van der Waals surface area (Å²) in [7, 11) is 4.01. The van der Waals surface area contributed by atoms with Gasteiger partial charge >= 0.3 is 18.0 Å². The van der Waals surface area contributed by atoms with Crippen LogP contribution in [0.4, 0.5) is 16.1 Å². The minimum atomic E-state index is -1.18. The number of hydrogen-bond acceptors (Lipinski definition) is 9. The van der Waals surface area contributed by atoms with Crippen LogP contribution in [0.3, 0.4) is 0 Å². The molecule has 0 amide bonds. The van der Waals surface area contributed by atoms with E-state index in [1.807, 2.05) is 19.0 Å². The number of carboxylic acids is 1. The molecule has 1 aromatic carbocycles. The third kappa shape index (κ3) is 6.55. The third-order valence-electron chi connectivity index (χ3n) is 16.8. The number of carboxylic acid groups (broad SMARTS) is 1. The van der Waals surface area contributed by atoms with E-state index in [9.17, 15) is 23.9 Å². The summed E-state index contributed by atoms with van der Waals surface area (Å²) in [5.41, 5.74) is 0.808. The van der Waals surface area contributed by atoms with Gasteiger partial charge in [0.05, 0.1) is 17.3 Å². The van der Waals surface area contributed by atoms with Crippen molar-refractivity contribution in [1.29, 1.82) is 0 Å². The molecule has 5 aliphatic carbocycles. The lowest BCUT2D eigenvalue weighted by atomic mass is 9.33. The number of aromatic nitrogens is 2. The van der Waals surface area contributed by atoms with Gasteiger partial charge in [0.25, 0.3) is 0 Å². The molecule has 318 valence electrons. The highest BCUT2D eigenvalue weighted by Gasteiger charge is 2.71. The van der Waals surface area contributed by atoms with Crippen LogP contribution in [-0.2, 0) is 24.5 Å². The number of anilines is 2. The Hall–Kier alpha value is -3.60. The molecule has 10 nitrogen and oxygen atoms in total. The Labute approximate surface area is 344 Å². The van der Waals surface area contributed by atoms with Gasteiger partial charge in [0, 0.05) is 30.6 Å². The molecule has 4 saturated carbocycles. The minimum absolute atomic E-state index is 0.00469. The Balaban J connectivity index is 1.21. The minimum Gasteiger partial charge on any atom is -0.481 e. The number of benzene rings is 1. The second-order valence-corrected chi connectivity index (χ2v) is 21.3. The molecule has 11 heteroatoms. The predicted molar refractivity (Wildman–Crippen MR) is 221 cm³/mol. The topological polar surface area (TPSA) is 126 Å². The molecule has 7 rings (SSSR count). The SMILES string of the molecule is CC(C)C1=C2[C@H]3CC[C@@H]4[C@@]5(C)CC[C@H](OC(=O)CC(C)(C)C(=O)O)C(C)(C)[C@@H]5CC[C@@]4(C)[C@]3(C)CC[C@@]2(c2nnc(N(CCN(C)C)c3ccc(F)cc3)o2)CC1=O. The predicted octanol–water partition coefficient (Wildman–Crippen LogP) is 9.55. The van der Waals surface area contributed by atoms with E-state index in [4.69, 9.17) is 14.3 Å². The van der Waals surface area contributed by atoms with E-state index in [1.54, 1.807) is 26.0 Å². The number of aliphatic carboxylic acids is 1. The van der Waals surface area contributed by atoms with E-state index >= 15 is 0 Å². The number of esters is 1. The number of halogens is 1. The van der Waals surface area contributed by atoms with Crippen LogP contribution in [0.15, 0.2) is 39.8 Å². The lowest BCUT2D eigenvalue weighted by Gasteiger charge is -2.72. The fraction of sp³-hybridized carbons (Fsp3) is 0.723. The van der Waals surface area contributed by atoms with Crippen molar-refractivity contribution in [3.63, 3.8) is 0 Å². The first kappa shape index (κ1) is 42.5. The summed E-state index contributed by atoms with van der Waals surface area (Å²) in [5, 5.41) is 19.1. The maximum Gasteiger partial charge on any atom is 0.322 e. The Morgan fingerprint density at radius 3 is 2.26 bits per heavy atom. The van der Waals surface area contributed by atoms with Crippen molar-refractivity contribution in [2.75, 3.05) is 32.1 Å². The van der Waals surface area contributed by atoms with Crippen LogP contribution in [-0.4, -0.2) is 71.2 Å². The summed E-state index contributed by atoms with van der Waals surface area (Å²) in [4.78, 5) is 43.3. The molecule has 1 N–H and O–H groups in total. The molecule has 58 heavy (non-hydrogen) atoms. The Morgan fingerprint density at radius 2 is 1.62 bits per heavy atom. The summed E-state index contributed by atoms with van der Waals surface area (Å²) < 4.78 is 27.0. The van der Waals surface area contributed by atoms with Crippen LogP contribution in [0, 0.1) is 56.6 Å². The second-order valence-electron chi connectivity index (χ2n) is 21.3. The van der Waals surface area contributed by atoms with Gasteiger partial charge in [-0.15, -0.1) is 5.10 Å². The summed E-state index contributed by atoms with van der Waals surface area (Å²) in [6, 6.07) is 6.71. The van der Waals surface area contributed by atoms with Gasteiger partial charge in [-0.3, -0.25) is 19.3 Å². The van der Waals surface area contributed by atoms with E-state index in [0.29, 0.717) is 36.7 Å². The van der Waals surface area contributed by atoms with Crippen LogP contribution >= 0.6 is 0 Å². The monoisotopic (exact) mass is 803 g/mol. The normalized spacial score (nSPS) is 34.3. The highest BCUT2D eigenvalue weighted by molar-refractivity contribution is 6.01. The number of likely N-dealkylation sites (N-methyl/N-ethyl adjacent to an activating group) is 1. The highest BCUT2D eigenvalue weighted by atomic mass is 19.1. The lowest BCUT2D eigenvalue weighted by Crippen LogP contribution is -2.66. The van der Waals surface area contributed by atoms with Gasteiger partial charge in [-0.1, -0.05) is 53.6 Å². The fourth-order valence-electron chi connectivity index (χ4n) is 13.5. The van der Waals surface area contributed by atoms with Crippen molar-refractivity contribution in [3.8, 4) is 0 Å². The molecular weight excluding hydrogens is 736 g/mol. The number of carbonyl (C=O) groups is 3. The largest absolute Gasteiger partial charge is 0.481 e. The molecule has 0 saturated heterocycles. The molecule has 1 heterocycles. The van der Waals surface area contributed by atoms with Gasteiger partial charge < -0.3 is 19.2 Å². The van der Waals surface area contributed by atoms with Crippen LogP contribution in [0.1, 0.15) is 132 Å². The maximum absolute atomic E-state index is 14.3. The molecule has 5 aliphatic rings. The number of hydrogen-bond donors (Lipinski definition) is 1. The molecule has 8 atom stereocenters. The Kier molecular flexibility index (Phi) is 10.7. The Morgan fingerprint density at radius 1 is 0.931 bits per heavy atom. The number of nitrogens with zero attached hydrogens (tertiary/aromatic N) is 4. The van der Waals surface area contributed by atoms with Crippen molar-refractivity contribution >= 4 is 29.4 Å². The highest BCUT2D eigenvalue weighted by Crippen LogP contribution is 2.77. The fourth-order valence-corrected chi connectivity index (χ4v) is 13.5. The smallest absolute Gasteiger partial charge is 0.322 e. The number of ether oxygens (including phenoxy) is 1. The summed E-state index contributed by atoms with van der Waals surface area (Å²) in [6.07, 6.45) is 7.44. The number of fused-ring (bicyclic) bond motifs is 7. The van der Waals surface area contributed by atoms with Gasteiger partial charge in [0.15, 0.2) is 5.78 Å². The zero-order valence-electron chi connectivity index (χ0n) is 36.8. The lowest BCUT2D eigenvalue weighted by molar-refractivity contribution is -0.232. The molecule has 4 fully saturated rings. The van der Waals surface area contributed by atoms with Crippen molar-refractivity contribution in [3.05, 3.63) is 47.1 Å². The van der Waals surface area contributed by atoms with Crippen molar-refractivity contribution in [2.24, 2.45) is 50.7 Å². The van der Waals surface area contributed by atoms with E-state index in [-0.39, 0.29) is 57.6 Å². The second kappa shape index (κ2) is 14.5. The van der Waals surface area contributed by atoms with Crippen molar-refractivity contribution in [2.45, 2.75) is 138 Å². The van der Waals surface area contributed by atoms with E-state index in [2.05, 4.69) is 58.5 Å². The molecule has 0 bridgehead atoms. The summed E-state index contributed by atoms with van der Waals surface area (Å²) in [6.45, 7) is 20.8. The molecule has 0 unspecified atom stereocenters. The van der Waals surface area contributed by atoms with Gasteiger partial charge in [-0.2, -0.15) is 0 Å². The van der Waals surface area contributed by atoms with Crippen molar-refractivity contribution < 1.29 is 33.0 Å². The van der Waals surface area contributed by atoms with E-state index in [1.165, 1.54) is 17.7 Å². The first-order valence-electron chi connectivity index (χ1n) is 21.7. The number of ketones is 1. The van der Waals surface area contributed by atoms with Crippen molar-refractivity contribution in [1.82, 2.24) is 15.1 Å². The zero-order chi connectivity index (χ0) is 42.4. The quantitative estimate of drug-likeness (QED) is 0.220. The van der Waals surface area contributed by atoms with Crippen LogP contribution in [0.25, 0.3) is 0 Å². The Bertz CT molecular complexity index is 1970. The molecule has 0 aliphatic heterocycles. The maximum atomic E-state index is 14.3. The molecule has 2 aromatic rings. The van der Waals surface area contributed by atoms with Gasteiger partial charge in [-0.25, -0.2) is 4.39 Å². The standard InChI is InChI=1S/C47H67FN4O6/c1-28(2)37-32(53)26-47(39-49-50-41(58-39)52(25-24-51(10)11)30-14-12-29(48)13-15-30)23-22-45(8)31(38(37)47)16-17-34-44(7)20-19-35(57-36(54)27-42(3,4)40(55)56)43(5,6)33(44)18-21-46(34,45)9/h12-15,28,31,33-35H,16-27H2,1-11H3,(H,55,56)/t31-,33+,34-,35+,44+,45-,46-,47-/m1/s1. The molecule has 0 radical (unpaired) electrons. The first-order valence-corrected chi connectivity index (χ1v) is 21.7. The average Bonchev–Trinajstić information content (AvgIpc) is 3.74. The van der Waals surface area contributed by atoms with Crippen LogP contribution in [0.2, 0.25) is 0 Å². The number of rotatable bonds is 11. The first-order chi connectivity index (χ1) is 27.0. The van der Waals surface area contributed by atoms with E-state index < -0.39 is 22.8 Å². The van der Waals surface area contributed by atoms with E-state index in [0.717, 1.165) is 69.2 Å². The zero-order valence-corrected chi connectivity index (χ0v) is 36.8. The summed E-state index contributed by atoms with van der Waals surface area (Å²) >= 11 is 0.